The Kier molecular flexibility index (Phi) is 5.59. The first-order chi connectivity index (χ1) is 14.1. The molecular weight excluding hydrogens is 373 g/mol. The number of carbonyl (C=O) groups is 1. The van der Waals surface area contributed by atoms with Crippen LogP contribution < -0.4 is 5.32 Å². The maximum atomic E-state index is 13.3. The molecule has 1 fully saturated rings. The quantitative estimate of drug-likeness (QED) is 0.712. The molecule has 2 aromatic heterocycles. The number of aromatic nitrogens is 3. The van der Waals surface area contributed by atoms with E-state index in [0.717, 1.165) is 29.4 Å². The van der Waals surface area contributed by atoms with E-state index in [9.17, 15) is 9.18 Å². The maximum absolute atomic E-state index is 13.3. The highest BCUT2D eigenvalue weighted by Crippen LogP contribution is 2.23. The molecule has 0 aliphatic carbocycles. The molecule has 3 heterocycles. The lowest BCUT2D eigenvalue weighted by Crippen LogP contribution is -2.45. The van der Waals surface area contributed by atoms with Crippen molar-refractivity contribution in [1.82, 2.24) is 19.4 Å². The molecule has 152 valence electrons. The summed E-state index contributed by atoms with van der Waals surface area (Å²) in [5.74, 6) is 0.457. The van der Waals surface area contributed by atoms with E-state index in [0.29, 0.717) is 32.2 Å². The van der Waals surface area contributed by atoms with Crippen molar-refractivity contribution in [2.75, 3.05) is 25.0 Å². The predicted molar refractivity (Wildman–Crippen MR) is 108 cm³/mol. The molecule has 1 saturated heterocycles. The van der Waals surface area contributed by atoms with Crippen LogP contribution in [0.3, 0.4) is 0 Å². The smallest absolute Gasteiger partial charge is 0.409 e. The number of likely N-dealkylation sites (tertiary alicyclic amines) is 1. The molecule has 1 aliphatic heterocycles. The Labute approximate surface area is 168 Å². The summed E-state index contributed by atoms with van der Waals surface area (Å²) in [6.45, 7) is 3.99. The van der Waals surface area contributed by atoms with Gasteiger partial charge in [-0.1, -0.05) is 12.1 Å². The maximum Gasteiger partial charge on any atom is 0.409 e. The van der Waals surface area contributed by atoms with Crippen LogP contribution in [0.1, 0.15) is 25.3 Å². The summed E-state index contributed by atoms with van der Waals surface area (Å²) in [5.41, 5.74) is 2.70. The highest BCUT2D eigenvalue weighted by atomic mass is 19.1. The second-order valence-corrected chi connectivity index (χ2v) is 7.14. The first-order valence-electron chi connectivity index (χ1n) is 9.87. The van der Waals surface area contributed by atoms with Crippen LogP contribution in [0, 0.1) is 5.82 Å². The number of piperidine rings is 1. The number of hydrogen-bond donors (Lipinski definition) is 1. The van der Waals surface area contributed by atoms with Gasteiger partial charge in [-0.2, -0.15) is 0 Å². The van der Waals surface area contributed by atoms with Crippen molar-refractivity contribution in [3.8, 4) is 0 Å². The molecule has 4 rings (SSSR count). The van der Waals surface area contributed by atoms with Crippen LogP contribution in [0.2, 0.25) is 0 Å². The Morgan fingerprint density at radius 2 is 2.14 bits per heavy atom. The number of nitrogens with one attached hydrogen (secondary N) is 1. The zero-order chi connectivity index (χ0) is 20.2. The molecule has 1 atom stereocenters. The molecular formula is C21H24FN5O2. The van der Waals surface area contributed by atoms with Crippen LogP contribution in [0.15, 0.2) is 42.7 Å². The molecule has 7 nitrogen and oxygen atoms in total. The van der Waals surface area contributed by atoms with Crippen LogP contribution in [0.4, 0.5) is 15.1 Å². The lowest BCUT2D eigenvalue weighted by atomic mass is 10.1. The number of halogens is 1. The molecule has 0 saturated carbocycles. The number of imidazole rings is 1. The van der Waals surface area contributed by atoms with Crippen molar-refractivity contribution in [2.45, 2.75) is 32.4 Å². The molecule has 8 heteroatoms. The minimum absolute atomic E-state index is 0.0740. The van der Waals surface area contributed by atoms with E-state index < -0.39 is 0 Å². The van der Waals surface area contributed by atoms with E-state index >= 15 is 0 Å². The number of nitrogens with zero attached hydrogens (tertiary/aromatic N) is 4. The molecule has 0 bridgehead atoms. The largest absolute Gasteiger partial charge is 0.450 e. The summed E-state index contributed by atoms with van der Waals surface area (Å²) in [6, 6.07) is 8.39. The monoisotopic (exact) mass is 397 g/mol. The lowest BCUT2D eigenvalue weighted by molar-refractivity contribution is 0.0975. The first-order valence-corrected chi connectivity index (χ1v) is 9.87. The van der Waals surface area contributed by atoms with E-state index in [-0.39, 0.29) is 18.0 Å². The lowest BCUT2D eigenvalue weighted by Gasteiger charge is -2.32. The number of benzene rings is 1. The van der Waals surface area contributed by atoms with Gasteiger partial charge in [-0.05, 0) is 43.5 Å². The zero-order valence-electron chi connectivity index (χ0n) is 16.3. The summed E-state index contributed by atoms with van der Waals surface area (Å²) < 4.78 is 20.5. The Morgan fingerprint density at radius 3 is 2.93 bits per heavy atom. The standard InChI is InChI=1S/C21H24FN5O2/c1-2-29-21(28)26-11-3-4-17(14-26)24-20-25-18-9-10-23-12-19(18)27(20)13-15-5-7-16(22)8-6-15/h5-10,12,17H,2-4,11,13-14H2,1H3,(H,24,25). The third-order valence-electron chi connectivity index (χ3n) is 5.09. The van der Waals surface area contributed by atoms with Crippen molar-refractivity contribution >= 4 is 23.1 Å². The minimum Gasteiger partial charge on any atom is -0.450 e. The highest BCUT2D eigenvalue weighted by molar-refractivity contribution is 5.77. The summed E-state index contributed by atoms with van der Waals surface area (Å²) in [4.78, 5) is 22.8. The SMILES string of the molecule is CCOC(=O)N1CCCC(Nc2nc3ccncc3n2Cc2ccc(F)cc2)C1. The molecule has 1 aliphatic rings. The number of hydrogen-bond acceptors (Lipinski definition) is 5. The van der Waals surface area contributed by atoms with Gasteiger partial charge in [-0.15, -0.1) is 0 Å². The molecule has 1 N–H and O–H groups in total. The van der Waals surface area contributed by atoms with E-state index in [1.54, 1.807) is 29.4 Å². The predicted octanol–water partition coefficient (Wildman–Crippen LogP) is 3.65. The molecule has 1 unspecified atom stereocenters. The van der Waals surface area contributed by atoms with Crippen LogP contribution >= 0.6 is 0 Å². The van der Waals surface area contributed by atoms with Gasteiger partial charge < -0.3 is 19.5 Å². The van der Waals surface area contributed by atoms with Gasteiger partial charge in [0.05, 0.1) is 30.4 Å². The third kappa shape index (κ3) is 4.31. The van der Waals surface area contributed by atoms with Crippen molar-refractivity contribution in [1.29, 1.82) is 0 Å². The van der Waals surface area contributed by atoms with Crippen molar-refractivity contribution < 1.29 is 13.9 Å². The van der Waals surface area contributed by atoms with Gasteiger partial charge in [0, 0.05) is 25.3 Å². The fraction of sp³-hybridized carbons (Fsp3) is 0.381. The van der Waals surface area contributed by atoms with Crippen LogP contribution in [0.25, 0.3) is 11.0 Å². The van der Waals surface area contributed by atoms with Gasteiger partial charge in [-0.25, -0.2) is 14.2 Å². The zero-order valence-corrected chi connectivity index (χ0v) is 16.3. The van der Waals surface area contributed by atoms with Gasteiger partial charge in [0.15, 0.2) is 0 Å². The van der Waals surface area contributed by atoms with Crippen LogP contribution in [-0.2, 0) is 11.3 Å². The molecule has 0 radical (unpaired) electrons. The summed E-state index contributed by atoms with van der Waals surface area (Å²) in [7, 11) is 0. The van der Waals surface area contributed by atoms with Gasteiger partial charge in [-0.3, -0.25) is 4.98 Å². The van der Waals surface area contributed by atoms with Gasteiger partial charge in [0.25, 0.3) is 0 Å². The Bertz CT molecular complexity index is 988. The Balaban J connectivity index is 1.58. The van der Waals surface area contributed by atoms with E-state index in [2.05, 4.69) is 10.3 Å². The molecule has 3 aromatic rings. The first kappa shape index (κ1) is 19.2. The fourth-order valence-corrected chi connectivity index (χ4v) is 3.67. The second-order valence-electron chi connectivity index (χ2n) is 7.14. The second kappa shape index (κ2) is 8.46. The number of pyridine rings is 1. The number of carbonyl (C=O) groups excluding carboxylic acids is 1. The average molecular weight is 397 g/mol. The number of anilines is 1. The van der Waals surface area contributed by atoms with Crippen LogP contribution in [-0.4, -0.2) is 51.3 Å². The van der Waals surface area contributed by atoms with Crippen molar-refractivity contribution in [3.05, 3.63) is 54.1 Å². The third-order valence-corrected chi connectivity index (χ3v) is 5.09. The van der Waals surface area contributed by atoms with Gasteiger partial charge in [0.2, 0.25) is 5.95 Å². The van der Waals surface area contributed by atoms with E-state index in [1.807, 2.05) is 17.6 Å². The van der Waals surface area contributed by atoms with Gasteiger partial charge >= 0.3 is 6.09 Å². The topological polar surface area (TPSA) is 72.3 Å². The Hall–Kier alpha value is -3.16. The van der Waals surface area contributed by atoms with Crippen molar-refractivity contribution in [3.63, 3.8) is 0 Å². The minimum atomic E-state index is -0.275. The molecule has 0 spiro atoms. The number of rotatable bonds is 5. The Morgan fingerprint density at radius 1 is 1.31 bits per heavy atom. The highest BCUT2D eigenvalue weighted by Gasteiger charge is 2.25. The molecule has 1 aromatic carbocycles. The molecule has 1 amide bonds. The van der Waals surface area contributed by atoms with E-state index in [1.165, 1.54) is 12.1 Å². The fourth-order valence-electron chi connectivity index (χ4n) is 3.67. The van der Waals surface area contributed by atoms with Gasteiger partial charge in [0.1, 0.15) is 5.82 Å². The number of amides is 1. The number of ether oxygens (including phenoxy) is 1. The summed E-state index contributed by atoms with van der Waals surface area (Å²) >= 11 is 0. The molecule has 29 heavy (non-hydrogen) atoms. The average Bonchev–Trinajstić information content (AvgIpc) is 3.07. The van der Waals surface area contributed by atoms with Crippen LogP contribution in [0.5, 0.6) is 0 Å². The van der Waals surface area contributed by atoms with E-state index in [4.69, 9.17) is 9.72 Å². The van der Waals surface area contributed by atoms with Crippen molar-refractivity contribution in [2.24, 2.45) is 0 Å². The number of fused-ring (bicyclic) bond motifs is 1. The summed E-state index contributed by atoms with van der Waals surface area (Å²) in [6.07, 6.45) is 5.06. The summed E-state index contributed by atoms with van der Waals surface area (Å²) in [5, 5.41) is 3.50. The normalized spacial score (nSPS) is 16.8.